The first kappa shape index (κ1) is 10.4. The monoisotopic (exact) mass is 188 g/mol. The zero-order chi connectivity index (χ0) is 10.8. The first-order chi connectivity index (χ1) is 6.46. The fraction of sp³-hybridized carbons (Fsp3) is 0.364. The second-order valence-electron chi connectivity index (χ2n) is 4.09. The average Bonchev–Trinajstić information content (AvgIpc) is 2.15. The molecule has 1 heterocycles. The molecule has 0 unspecified atom stereocenters. The van der Waals surface area contributed by atoms with Gasteiger partial charge in [0.05, 0.1) is 5.56 Å². The zero-order valence-electron chi connectivity index (χ0n) is 8.53. The highest BCUT2D eigenvalue weighted by molar-refractivity contribution is 5.99. The summed E-state index contributed by atoms with van der Waals surface area (Å²) in [7, 11) is 0. The summed E-state index contributed by atoms with van der Waals surface area (Å²) < 4.78 is 0. The molecule has 1 rings (SSSR count). The Morgan fingerprint density at radius 3 is 2.64 bits per heavy atom. The molecule has 0 atom stereocenters. The molecule has 0 aromatic carbocycles. The van der Waals surface area contributed by atoms with Gasteiger partial charge in [0.25, 0.3) is 0 Å². The molecule has 0 spiro atoms. The van der Waals surface area contributed by atoms with Gasteiger partial charge in [0.15, 0.2) is 5.78 Å². The van der Waals surface area contributed by atoms with E-state index in [1.165, 1.54) is 6.20 Å². The maximum atomic E-state index is 11.8. The van der Waals surface area contributed by atoms with Crippen LogP contribution in [0.4, 0.5) is 0 Å². The van der Waals surface area contributed by atoms with Gasteiger partial charge in [-0.15, -0.1) is 0 Å². The molecule has 0 aliphatic rings. The Balaban J connectivity index is 3.22. The van der Waals surface area contributed by atoms with Gasteiger partial charge in [-0.2, -0.15) is 5.26 Å². The summed E-state index contributed by atoms with van der Waals surface area (Å²) in [5.41, 5.74) is 0.106. The molecule has 72 valence electrons. The van der Waals surface area contributed by atoms with Crippen molar-refractivity contribution < 1.29 is 4.79 Å². The first-order valence-corrected chi connectivity index (χ1v) is 4.36. The van der Waals surface area contributed by atoms with E-state index in [0.717, 1.165) is 0 Å². The van der Waals surface area contributed by atoms with Gasteiger partial charge in [0.1, 0.15) is 11.8 Å². The molecule has 0 aliphatic heterocycles. The van der Waals surface area contributed by atoms with Gasteiger partial charge in [-0.1, -0.05) is 20.8 Å². The maximum absolute atomic E-state index is 11.8. The van der Waals surface area contributed by atoms with Crippen molar-refractivity contribution in [1.82, 2.24) is 4.98 Å². The van der Waals surface area contributed by atoms with Crippen LogP contribution in [0, 0.1) is 16.7 Å². The smallest absolute Gasteiger partial charge is 0.187 e. The quantitative estimate of drug-likeness (QED) is 0.635. The summed E-state index contributed by atoms with van der Waals surface area (Å²) in [4.78, 5) is 15.8. The third-order valence-electron chi connectivity index (χ3n) is 1.82. The van der Waals surface area contributed by atoms with Gasteiger partial charge in [-0.3, -0.25) is 9.78 Å². The summed E-state index contributed by atoms with van der Waals surface area (Å²) in [5, 5.41) is 8.79. The minimum Gasteiger partial charge on any atom is -0.292 e. The molecule has 14 heavy (non-hydrogen) atoms. The summed E-state index contributed by atoms with van der Waals surface area (Å²) in [6.07, 6.45) is 1.53. The second kappa shape index (κ2) is 3.59. The number of rotatable bonds is 1. The van der Waals surface area contributed by atoms with E-state index in [1.54, 1.807) is 12.1 Å². The number of Topliss-reactive ketones (excluding diaryl/α,β-unsaturated/α-hetero) is 1. The lowest BCUT2D eigenvalue weighted by Crippen LogP contribution is -2.22. The first-order valence-electron chi connectivity index (χ1n) is 4.36. The van der Waals surface area contributed by atoms with Crippen LogP contribution in [0.3, 0.4) is 0 Å². The Labute approximate surface area is 83.4 Å². The fourth-order valence-corrected chi connectivity index (χ4v) is 1.03. The van der Waals surface area contributed by atoms with Crippen molar-refractivity contribution in [1.29, 1.82) is 5.26 Å². The molecule has 3 heteroatoms. The predicted octanol–water partition coefficient (Wildman–Crippen LogP) is 2.18. The third kappa shape index (κ3) is 1.97. The largest absolute Gasteiger partial charge is 0.292 e. The standard InChI is InChI=1S/C11H12N2O/c1-11(2,3)10(14)9-8(7-12)5-4-6-13-9/h4-6H,1-3H3. The van der Waals surface area contributed by atoms with Gasteiger partial charge in [0, 0.05) is 11.6 Å². The molecule has 0 saturated heterocycles. The van der Waals surface area contributed by atoms with Crippen LogP contribution < -0.4 is 0 Å². The van der Waals surface area contributed by atoms with Crippen molar-refractivity contribution in [2.24, 2.45) is 5.41 Å². The van der Waals surface area contributed by atoms with Gasteiger partial charge in [-0.05, 0) is 12.1 Å². The van der Waals surface area contributed by atoms with Crippen LogP contribution in [0.25, 0.3) is 0 Å². The van der Waals surface area contributed by atoms with Crippen molar-refractivity contribution in [2.45, 2.75) is 20.8 Å². The van der Waals surface area contributed by atoms with Crippen molar-refractivity contribution in [2.75, 3.05) is 0 Å². The summed E-state index contributed by atoms with van der Waals surface area (Å²) in [6.45, 7) is 5.43. The molecule has 0 fully saturated rings. The lowest BCUT2D eigenvalue weighted by Gasteiger charge is -2.16. The van der Waals surface area contributed by atoms with Gasteiger partial charge in [0.2, 0.25) is 0 Å². The molecule has 0 bridgehead atoms. The van der Waals surface area contributed by atoms with E-state index in [0.29, 0.717) is 5.56 Å². The Morgan fingerprint density at radius 1 is 1.50 bits per heavy atom. The van der Waals surface area contributed by atoms with Crippen LogP contribution in [-0.2, 0) is 0 Å². The molecule has 0 amide bonds. The molecular weight excluding hydrogens is 176 g/mol. The number of carbonyl (C=O) groups excluding carboxylic acids is 1. The number of ketones is 1. The van der Waals surface area contributed by atoms with Crippen molar-refractivity contribution in [3.8, 4) is 6.07 Å². The molecule has 0 N–H and O–H groups in total. The number of carbonyl (C=O) groups is 1. The number of aromatic nitrogens is 1. The van der Waals surface area contributed by atoms with E-state index in [4.69, 9.17) is 5.26 Å². The van der Waals surface area contributed by atoms with Gasteiger partial charge in [-0.25, -0.2) is 0 Å². The predicted molar refractivity (Wildman–Crippen MR) is 52.7 cm³/mol. The van der Waals surface area contributed by atoms with Crippen molar-refractivity contribution in [3.05, 3.63) is 29.6 Å². The average molecular weight is 188 g/mol. The fourth-order valence-electron chi connectivity index (χ4n) is 1.03. The lowest BCUT2D eigenvalue weighted by molar-refractivity contribution is 0.0852. The second-order valence-corrected chi connectivity index (χ2v) is 4.09. The minimum absolute atomic E-state index is 0.102. The molecule has 1 aromatic heterocycles. The van der Waals surface area contributed by atoms with E-state index in [9.17, 15) is 4.79 Å². The summed E-state index contributed by atoms with van der Waals surface area (Å²) >= 11 is 0. The highest BCUT2D eigenvalue weighted by atomic mass is 16.1. The minimum atomic E-state index is -0.500. The van der Waals surface area contributed by atoms with Crippen LogP contribution in [0.1, 0.15) is 36.8 Å². The Morgan fingerprint density at radius 2 is 2.14 bits per heavy atom. The van der Waals surface area contributed by atoms with Crippen molar-refractivity contribution >= 4 is 5.78 Å². The normalized spacial score (nSPS) is 10.7. The Bertz CT molecular complexity index is 396. The summed E-state index contributed by atoms with van der Waals surface area (Å²) in [5.74, 6) is -0.102. The highest BCUT2D eigenvalue weighted by Gasteiger charge is 2.26. The van der Waals surface area contributed by atoms with Gasteiger partial charge < -0.3 is 0 Å². The molecule has 3 nitrogen and oxygen atoms in total. The lowest BCUT2D eigenvalue weighted by atomic mass is 9.87. The van der Waals surface area contributed by atoms with Crippen LogP contribution in [0.2, 0.25) is 0 Å². The van der Waals surface area contributed by atoms with Crippen LogP contribution >= 0.6 is 0 Å². The van der Waals surface area contributed by atoms with E-state index in [-0.39, 0.29) is 11.5 Å². The Hall–Kier alpha value is -1.69. The SMILES string of the molecule is CC(C)(C)C(=O)c1ncccc1C#N. The van der Waals surface area contributed by atoms with E-state index >= 15 is 0 Å². The zero-order valence-corrected chi connectivity index (χ0v) is 8.53. The van der Waals surface area contributed by atoms with E-state index in [2.05, 4.69) is 4.98 Å². The molecule has 0 aliphatic carbocycles. The van der Waals surface area contributed by atoms with E-state index in [1.807, 2.05) is 26.8 Å². The van der Waals surface area contributed by atoms with Crippen molar-refractivity contribution in [3.63, 3.8) is 0 Å². The Kier molecular flexibility index (Phi) is 2.66. The molecule has 0 saturated carbocycles. The van der Waals surface area contributed by atoms with Crippen LogP contribution in [0.15, 0.2) is 18.3 Å². The van der Waals surface area contributed by atoms with Gasteiger partial charge >= 0.3 is 0 Å². The topological polar surface area (TPSA) is 53.8 Å². The molecular formula is C11H12N2O. The third-order valence-corrected chi connectivity index (χ3v) is 1.82. The highest BCUT2D eigenvalue weighted by Crippen LogP contribution is 2.21. The summed E-state index contributed by atoms with van der Waals surface area (Å²) in [6, 6.07) is 5.22. The number of hydrogen-bond acceptors (Lipinski definition) is 3. The number of hydrogen-bond donors (Lipinski definition) is 0. The van der Waals surface area contributed by atoms with E-state index < -0.39 is 5.41 Å². The van der Waals surface area contributed by atoms with Crippen LogP contribution in [-0.4, -0.2) is 10.8 Å². The number of pyridine rings is 1. The molecule has 0 radical (unpaired) electrons. The number of nitrogens with zero attached hydrogens (tertiary/aromatic N) is 2. The van der Waals surface area contributed by atoms with Crippen LogP contribution in [0.5, 0.6) is 0 Å². The maximum Gasteiger partial charge on any atom is 0.187 e. The number of nitriles is 1. The molecule has 1 aromatic rings.